The number of aryl methyl sites for hydroxylation is 1. The lowest BCUT2D eigenvalue weighted by molar-refractivity contribution is 0.0953. The normalized spacial score (nSPS) is 11.1. The van der Waals surface area contributed by atoms with E-state index in [9.17, 15) is 14.7 Å². The standard InChI is InChI=1S/C25H21N3O3/c1-17-6-4-7-18(14-17)16-28-13-5-10-21(25(28)31)24(30)27-26-15-22-20-9-3-2-8-19(20)11-12-23(22)29/h2-15,29H,16H2,1H3,(H,27,30)/b26-15-. The fraction of sp³-hybridized carbons (Fsp3) is 0.0800. The Morgan fingerprint density at radius 1 is 1.06 bits per heavy atom. The molecule has 154 valence electrons. The minimum absolute atomic E-state index is 0.00514. The van der Waals surface area contributed by atoms with E-state index in [0.29, 0.717) is 12.1 Å². The number of nitrogens with one attached hydrogen (secondary N) is 1. The Labute approximate surface area is 179 Å². The maximum Gasteiger partial charge on any atom is 0.276 e. The molecule has 3 aromatic carbocycles. The monoisotopic (exact) mass is 411 g/mol. The van der Waals surface area contributed by atoms with Crippen LogP contribution in [-0.2, 0) is 6.54 Å². The minimum Gasteiger partial charge on any atom is -0.507 e. The van der Waals surface area contributed by atoms with E-state index in [1.165, 1.54) is 16.8 Å². The van der Waals surface area contributed by atoms with Crippen LogP contribution in [0.5, 0.6) is 5.75 Å². The Morgan fingerprint density at radius 3 is 2.74 bits per heavy atom. The zero-order chi connectivity index (χ0) is 21.8. The fourth-order valence-corrected chi connectivity index (χ4v) is 3.48. The number of aromatic hydroxyl groups is 1. The number of nitrogens with zero attached hydrogens (tertiary/aromatic N) is 2. The Balaban J connectivity index is 1.55. The van der Waals surface area contributed by atoms with Crippen LogP contribution < -0.4 is 11.0 Å². The highest BCUT2D eigenvalue weighted by molar-refractivity contribution is 6.03. The maximum atomic E-state index is 12.8. The molecule has 4 aromatic rings. The molecular formula is C25H21N3O3. The molecule has 31 heavy (non-hydrogen) atoms. The summed E-state index contributed by atoms with van der Waals surface area (Å²) in [6, 6.07) is 21.9. The highest BCUT2D eigenvalue weighted by atomic mass is 16.3. The molecule has 1 heterocycles. The van der Waals surface area contributed by atoms with E-state index in [-0.39, 0.29) is 11.3 Å². The van der Waals surface area contributed by atoms with Crippen LogP contribution in [0.25, 0.3) is 10.8 Å². The summed E-state index contributed by atoms with van der Waals surface area (Å²) in [6.45, 7) is 2.36. The van der Waals surface area contributed by atoms with Gasteiger partial charge in [-0.3, -0.25) is 9.59 Å². The highest BCUT2D eigenvalue weighted by Gasteiger charge is 2.12. The predicted molar refractivity (Wildman–Crippen MR) is 122 cm³/mol. The number of phenols is 1. The topological polar surface area (TPSA) is 83.7 Å². The molecule has 0 unspecified atom stereocenters. The van der Waals surface area contributed by atoms with Gasteiger partial charge in [0.05, 0.1) is 12.8 Å². The van der Waals surface area contributed by atoms with Crippen LogP contribution in [0, 0.1) is 6.92 Å². The third-order valence-electron chi connectivity index (χ3n) is 5.01. The minimum atomic E-state index is -0.612. The van der Waals surface area contributed by atoms with Gasteiger partial charge in [0.15, 0.2) is 0 Å². The van der Waals surface area contributed by atoms with Crippen molar-refractivity contribution in [1.82, 2.24) is 9.99 Å². The summed E-state index contributed by atoms with van der Waals surface area (Å²) in [4.78, 5) is 25.3. The van der Waals surface area contributed by atoms with Crippen LogP contribution in [0.4, 0.5) is 0 Å². The van der Waals surface area contributed by atoms with Crippen LogP contribution in [0.2, 0.25) is 0 Å². The second kappa shape index (κ2) is 8.67. The van der Waals surface area contributed by atoms with Gasteiger partial charge < -0.3 is 9.67 Å². The van der Waals surface area contributed by atoms with Gasteiger partial charge in [-0.2, -0.15) is 5.10 Å². The van der Waals surface area contributed by atoms with Crippen LogP contribution in [0.15, 0.2) is 88.9 Å². The van der Waals surface area contributed by atoms with Crippen molar-refractivity contribution in [1.29, 1.82) is 0 Å². The second-order valence-electron chi connectivity index (χ2n) is 7.26. The van der Waals surface area contributed by atoms with Crippen molar-refractivity contribution < 1.29 is 9.90 Å². The van der Waals surface area contributed by atoms with Crippen LogP contribution in [-0.4, -0.2) is 21.8 Å². The highest BCUT2D eigenvalue weighted by Crippen LogP contribution is 2.25. The molecule has 0 aliphatic carbocycles. The quantitative estimate of drug-likeness (QED) is 0.387. The summed E-state index contributed by atoms with van der Waals surface area (Å²) in [5.74, 6) is -0.559. The van der Waals surface area contributed by atoms with Crippen molar-refractivity contribution in [2.45, 2.75) is 13.5 Å². The molecule has 6 nitrogen and oxygen atoms in total. The summed E-state index contributed by atoms with van der Waals surface area (Å²) in [5, 5.41) is 15.9. The van der Waals surface area contributed by atoms with E-state index in [2.05, 4.69) is 10.5 Å². The number of carbonyl (C=O) groups is 1. The van der Waals surface area contributed by atoms with Gasteiger partial charge in [0.1, 0.15) is 11.3 Å². The number of fused-ring (bicyclic) bond motifs is 1. The van der Waals surface area contributed by atoms with Crippen molar-refractivity contribution in [3.05, 3.63) is 112 Å². The molecule has 0 radical (unpaired) electrons. The third kappa shape index (κ3) is 4.38. The third-order valence-corrected chi connectivity index (χ3v) is 5.01. The molecule has 0 saturated carbocycles. The molecule has 4 rings (SSSR count). The Morgan fingerprint density at radius 2 is 1.90 bits per heavy atom. The number of carbonyl (C=O) groups excluding carboxylic acids is 1. The van der Waals surface area contributed by atoms with Crippen LogP contribution in [0.3, 0.4) is 0 Å². The Hall–Kier alpha value is -4.19. The van der Waals surface area contributed by atoms with Gasteiger partial charge in [-0.15, -0.1) is 0 Å². The van der Waals surface area contributed by atoms with Crippen LogP contribution >= 0.6 is 0 Å². The van der Waals surface area contributed by atoms with Gasteiger partial charge in [0, 0.05) is 11.8 Å². The number of benzene rings is 3. The zero-order valence-corrected chi connectivity index (χ0v) is 16.9. The number of hydrogen-bond donors (Lipinski definition) is 2. The first-order valence-corrected chi connectivity index (χ1v) is 9.82. The molecule has 1 amide bonds. The lowest BCUT2D eigenvalue weighted by Crippen LogP contribution is -2.30. The molecule has 0 atom stereocenters. The van der Waals surface area contributed by atoms with E-state index < -0.39 is 11.5 Å². The smallest absolute Gasteiger partial charge is 0.276 e. The molecule has 1 aromatic heterocycles. The fourth-order valence-electron chi connectivity index (χ4n) is 3.48. The first-order chi connectivity index (χ1) is 15.0. The van der Waals surface area contributed by atoms with E-state index in [1.807, 2.05) is 55.5 Å². The lowest BCUT2D eigenvalue weighted by Gasteiger charge is -2.08. The number of aromatic nitrogens is 1. The number of hydrogen-bond acceptors (Lipinski definition) is 4. The van der Waals surface area contributed by atoms with Crippen molar-refractivity contribution in [3.8, 4) is 5.75 Å². The molecule has 0 bridgehead atoms. The van der Waals surface area contributed by atoms with Crippen molar-refractivity contribution in [3.63, 3.8) is 0 Å². The number of rotatable bonds is 5. The van der Waals surface area contributed by atoms with Gasteiger partial charge in [0.25, 0.3) is 11.5 Å². The maximum absolute atomic E-state index is 12.8. The average molecular weight is 411 g/mol. The van der Waals surface area contributed by atoms with Crippen LogP contribution in [0.1, 0.15) is 27.0 Å². The predicted octanol–water partition coefficient (Wildman–Crippen LogP) is 3.83. The lowest BCUT2D eigenvalue weighted by atomic mass is 10.0. The Kier molecular flexibility index (Phi) is 5.62. The molecule has 0 spiro atoms. The molecule has 0 fully saturated rings. The number of amides is 1. The van der Waals surface area contributed by atoms with Crippen molar-refractivity contribution >= 4 is 22.9 Å². The summed E-state index contributed by atoms with van der Waals surface area (Å²) in [7, 11) is 0. The first kappa shape index (κ1) is 20.1. The average Bonchev–Trinajstić information content (AvgIpc) is 2.76. The molecule has 0 saturated heterocycles. The molecular weight excluding hydrogens is 390 g/mol. The molecule has 0 aliphatic heterocycles. The van der Waals surface area contributed by atoms with E-state index in [4.69, 9.17) is 0 Å². The van der Waals surface area contributed by atoms with Gasteiger partial charge >= 0.3 is 0 Å². The zero-order valence-electron chi connectivity index (χ0n) is 16.9. The summed E-state index contributed by atoms with van der Waals surface area (Å²) in [6.07, 6.45) is 3.03. The Bertz CT molecular complexity index is 1360. The SMILES string of the molecule is Cc1cccc(Cn2cccc(C(=O)N/N=C\c3c(O)ccc4ccccc34)c2=O)c1. The van der Waals surface area contributed by atoms with Crippen molar-refractivity contribution in [2.75, 3.05) is 0 Å². The molecule has 0 aliphatic rings. The molecule has 2 N–H and O–H groups in total. The summed E-state index contributed by atoms with van der Waals surface area (Å²) < 4.78 is 1.49. The van der Waals surface area contributed by atoms with Crippen molar-refractivity contribution in [2.24, 2.45) is 5.10 Å². The largest absolute Gasteiger partial charge is 0.507 e. The molecule has 6 heteroatoms. The first-order valence-electron chi connectivity index (χ1n) is 9.82. The second-order valence-corrected chi connectivity index (χ2v) is 7.26. The van der Waals surface area contributed by atoms with Gasteiger partial charge in [0.2, 0.25) is 0 Å². The van der Waals surface area contributed by atoms with E-state index >= 15 is 0 Å². The van der Waals surface area contributed by atoms with E-state index in [1.54, 1.807) is 24.4 Å². The van der Waals surface area contributed by atoms with Gasteiger partial charge in [-0.05, 0) is 41.5 Å². The number of hydrazone groups is 1. The van der Waals surface area contributed by atoms with Gasteiger partial charge in [-0.1, -0.05) is 60.2 Å². The van der Waals surface area contributed by atoms with Gasteiger partial charge in [-0.25, -0.2) is 5.43 Å². The number of phenolic OH excluding ortho intramolecular Hbond substituents is 1. The number of pyridine rings is 1. The summed E-state index contributed by atoms with van der Waals surface area (Å²) >= 11 is 0. The van der Waals surface area contributed by atoms with E-state index in [0.717, 1.165) is 21.9 Å². The summed E-state index contributed by atoms with van der Waals surface area (Å²) in [5.41, 5.74) is 4.55.